The minimum absolute atomic E-state index is 0.268. The van der Waals surface area contributed by atoms with E-state index in [9.17, 15) is 0 Å². The number of hydrogen-bond donors (Lipinski definition) is 1. The lowest BCUT2D eigenvalue weighted by Crippen LogP contribution is -2.38. The number of ether oxygens (including phenoxy) is 1. The molecule has 0 saturated carbocycles. The molecule has 1 aliphatic heterocycles. The molecule has 2 atom stereocenters. The van der Waals surface area contributed by atoms with Crippen LogP contribution in [0.1, 0.15) is 49.3 Å². The third kappa shape index (κ3) is 3.32. The second-order valence-electron chi connectivity index (χ2n) is 6.21. The number of benzene rings is 1. The zero-order valence-corrected chi connectivity index (χ0v) is 13.1. The van der Waals surface area contributed by atoms with Crippen molar-refractivity contribution in [3.8, 4) is 5.75 Å². The predicted molar refractivity (Wildman–Crippen MR) is 81.2 cm³/mol. The van der Waals surface area contributed by atoms with Gasteiger partial charge in [-0.05, 0) is 57.4 Å². The number of rotatable bonds is 4. The average Bonchev–Trinajstić information content (AvgIpc) is 2.37. The van der Waals surface area contributed by atoms with E-state index in [1.807, 2.05) is 26.0 Å². The second kappa shape index (κ2) is 6.13. The van der Waals surface area contributed by atoms with Crippen molar-refractivity contribution in [1.82, 2.24) is 5.32 Å². The maximum absolute atomic E-state index is 15.3. The van der Waals surface area contributed by atoms with Crippen LogP contribution in [0.15, 0.2) is 12.1 Å². The summed E-state index contributed by atoms with van der Waals surface area (Å²) < 4.78 is 20.7. The highest BCUT2D eigenvalue weighted by Gasteiger charge is 2.34. The Morgan fingerprint density at radius 1 is 1.35 bits per heavy atom. The maximum Gasteiger partial charge on any atom is 0.138 e. The normalized spacial score (nSPS) is 22.4. The summed E-state index contributed by atoms with van der Waals surface area (Å²) in [6.45, 7) is 6.67. The first-order valence-corrected chi connectivity index (χ1v) is 7.52. The molecule has 2 rings (SSSR count). The summed E-state index contributed by atoms with van der Waals surface area (Å²) in [4.78, 5) is 0. The molecule has 0 amide bonds. The molecule has 0 aromatic heterocycles. The third-order valence-electron chi connectivity index (χ3n) is 4.23. The Hall–Kier alpha value is -1.09. The summed E-state index contributed by atoms with van der Waals surface area (Å²) in [5.74, 6) is 0.670. The van der Waals surface area contributed by atoms with Crippen molar-refractivity contribution in [2.45, 2.75) is 58.2 Å². The Bertz CT molecular complexity index is 464. The third-order valence-corrected chi connectivity index (χ3v) is 4.23. The van der Waals surface area contributed by atoms with Gasteiger partial charge in [0.15, 0.2) is 0 Å². The van der Waals surface area contributed by atoms with E-state index >= 15 is 4.39 Å². The number of aryl methyl sites for hydroxylation is 2. The van der Waals surface area contributed by atoms with Gasteiger partial charge in [0.2, 0.25) is 0 Å². The smallest absolute Gasteiger partial charge is 0.138 e. The molecule has 1 aromatic rings. The molecule has 112 valence electrons. The number of hydrogen-bond acceptors (Lipinski definition) is 2. The molecular formula is C17H26FNO. The molecule has 20 heavy (non-hydrogen) atoms. The standard InChI is InChI=1S/C17H26FNO/c1-12-9-13(2)16(15(10-12)20-4)17(3,18)11-14-7-5-6-8-19-14/h9-10,14,19H,5-8,11H2,1-4H3. The minimum Gasteiger partial charge on any atom is -0.496 e. The van der Waals surface area contributed by atoms with Gasteiger partial charge in [-0.2, -0.15) is 0 Å². The summed E-state index contributed by atoms with van der Waals surface area (Å²) in [5.41, 5.74) is 1.42. The monoisotopic (exact) mass is 279 g/mol. The Labute approximate surface area is 121 Å². The Morgan fingerprint density at radius 2 is 2.10 bits per heavy atom. The Balaban J connectivity index is 2.27. The first kappa shape index (κ1) is 15.3. The van der Waals surface area contributed by atoms with Gasteiger partial charge in [-0.3, -0.25) is 0 Å². The molecule has 1 aromatic carbocycles. The van der Waals surface area contributed by atoms with Crippen molar-refractivity contribution < 1.29 is 9.13 Å². The van der Waals surface area contributed by atoms with Crippen molar-refractivity contribution in [3.63, 3.8) is 0 Å². The SMILES string of the molecule is COc1cc(C)cc(C)c1C(C)(F)CC1CCCCN1. The van der Waals surface area contributed by atoms with E-state index in [2.05, 4.69) is 5.32 Å². The fraction of sp³-hybridized carbons (Fsp3) is 0.647. The molecule has 0 aliphatic carbocycles. The van der Waals surface area contributed by atoms with Crippen LogP contribution in [0.4, 0.5) is 4.39 Å². The van der Waals surface area contributed by atoms with E-state index < -0.39 is 5.67 Å². The highest BCUT2D eigenvalue weighted by molar-refractivity contribution is 5.46. The molecule has 3 heteroatoms. The summed E-state index contributed by atoms with van der Waals surface area (Å²) in [6, 6.07) is 4.22. The molecule has 2 nitrogen and oxygen atoms in total. The molecule has 0 spiro atoms. The van der Waals surface area contributed by atoms with Crippen molar-refractivity contribution in [2.24, 2.45) is 0 Å². The number of alkyl halides is 1. The van der Waals surface area contributed by atoms with Crippen molar-refractivity contribution in [3.05, 3.63) is 28.8 Å². The van der Waals surface area contributed by atoms with E-state index in [1.54, 1.807) is 14.0 Å². The van der Waals surface area contributed by atoms with E-state index in [1.165, 1.54) is 12.8 Å². The maximum atomic E-state index is 15.3. The van der Waals surface area contributed by atoms with Crippen LogP contribution >= 0.6 is 0 Å². The molecule has 0 radical (unpaired) electrons. The van der Waals surface area contributed by atoms with Crippen molar-refractivity contribution in [2.75, 3.05) is 13.7 Å². The molecule has 1 N–H and O–H groups in total. The lowest BCUT2D eigenvalue weighted by atomic mass is 9.84. The fourth-order valence-electron chi connectivity index (χ4n) is 3.42. The van der Waals surface area contributed by atoms with Crippen LogP contribution in [-0.2, 0) is 5.67 Å². The first-order valence-electron chi connectivity index (χ1n) is 7.52. The predicted octanol–water partition coefficient (Wildman–Crippen LogP) is 4.03. The highest BCUT2D eigenvalue weighted by Crippen LogP contribution is 2.40. The lowest BCUT2D eigenvalue weighted by molar-refractivity contribution is 0.141. The quantitative estimate of drug-likeness (QED) is 0.898. The summed E-state index contributed by atoms with van der Waals surface area (Å²) in [7, 11) is 1.62. The molecule has 0 bridgehead atoms. The molecule has 1 aliphatic rings. The minimum atomic E-state index is -1.36. The van der Waals surface area contributed by atoms with Crippen molar-refractivity contribution >= 4 is 0 Å². The topological polar surface area (TPSA) is 21.3 Å². The van der Waals surface area contributed by atoms with Crippen LogP contribution in [0.5, 0.6) is 5.75 Å². The molecule has 1 heterocycles. The zero-order valence-electron chi connectivity index (χ0n) is 13.1. The molecular weight excluding hydrogens is 253 g/mol. The van der Waals surface area contributed by atoms with E-state index in [0.717, 1.165) is 24.1 Å². The number of halogens is 1. The van der Waals surface area contributed by atoms with Gasteiger partial charge < -0.3 is 10.1 Å². The lowest BCUT2D eigenvalue weighted by Gasteiger charge is -2.32. The van der Waals surface area contributed by atoms with Gasteiger partial charge in [-0.1, -0.05) is 12.5 Å². The fourth-order valence-corrected chi connectivity index (χ4v) is 3.42. The second-order valence-corrected chi connectivity index (χ2v) is 6.21. The van der Waals surface area contributed by atoms with Crippen LogP contribution in [-0.4, -0.2) is 19.7 Å². The van der Waals surface area contributed by atoms with E-state index in [0.29, 0.717) is 17.7 Å². The molecule has 1 fully saturated rings. The van der Waals surface area contributed by atoms with Crippen LogP contribution in [0.25, 0.3) is 0 Å². The zero-order chi connectivity index (χ0) is 14.8. The van der Waals surface area contributed by atoms with Crippen molar-refractivity contribution in [1.29, 1.82) is 0 Å². The highest BCUT2D eigenvalue weighted by atomic mass is 19.1. The average molecular weight is 279 g/mol. The largest absolute Gasteiger partial charge is 0.496 e. The first-order chi connectivity index (χ1) is 9.44. The van der Waals surface area contributed by atoms with Gasteiger partial charge in [0.25, 0.3) is 0 Å². The van der Waals surface area contributed by atoms with Gasteiger partial charge in [0.1, 0.15) is 11.4 Å². The summed E-state index contributed by atoms with van der Waals surface area (Å²) in [5, 5.41) is 3.43. The van der Waals surface area contributed by atoms with Crippen LogP contribution in [0.3, 0.4) is 0 Å². The van der Waals surface area contributed by atoms with Gasteiger partial charge in [-0.25, -0.2) is 4.39 Å². The molecule has 2 unspecified atom stereocenters. The van der Waals surface area contributed by atoms with Crippen LogP contribution in [0.2, 0.25) is 0 Å². The van der Waals surface area contributed by atoms with E-state index in [4.69, 9.17) is 4.74 Å². The van der Waals surface area contributed by atoms with Gasteiger partial charge >= 0.3 is 0 Å². The Morgan fingerprint density at radius 3 is 2.70 bits per heavy atom. The Kier molecular flexibility index (Phi) is 4.69. The number of methoxy groups -OCH3 is 1. The van der Waals surface area contributed by atoms with Gasteiger partial charge in [-0.15, -0.1) is 0 Å². The van der Waals surface area contributed by atoms with Crippen LogP contribution in [0, 0.1) is 13.8 Å². The number of piperidine rings is 1. The van der Waals surface area contributed by atoms with Gasteiger partial charge in [0, 0.05) is 18.0 Å². The van der Waals surface area contributed by atoms with Gasteiger partial charge in [0.05, 0.1) is 7.11 Å². The van der Waals surface area contributed by atoms with E-state index in [-0.39, 0.29) is 6.04 Å². The van der Waals surface area contributed by atoms with Crippen LogP contribution < -0.4 is 10.1 Å². The summed E-state index contributed by atoms with van der Waals surface area (Å²) in [6.07, 6.45) is 3.96. The summed E-state index contributed by atoms with van der Waals surface area (Å²) >= 11 is 0. The number of nitrogens with one attached hydrogen (secondary N) is 1. The molecule has 1 saturated heterocycles.